The van der Waals surface area contributed by atoms with Gasteiger partial charge in [-0.05, 0) is 36.6 Å². The number of aromatic nitrogens is 2. The van der Waals surface area contributed by atoms with Gasteiger partial charge in [-0.3, -0.25) is 9.79 Å². The molecule has 0 radical (unpaired) electrons. The van der Waals surface area contributed by atoms with E-state index in [9.17, 15) is 4.79 Å². The Labute approximate surface area is 168 Å². The van der Waals surface area contributed by atoms with Gasteiger partial charge in [-0.2, -0.15) is 5.10 Å². The largest absolute Gasteiger partial charge is 0.364 e. The van der Waals surface area contributed by atoms with E-state index in [0.717, 1.165) is 27.2 Å². The molecule has 1 amide bonds. The Morgan fingerprint density at radius 1 is 1.32 bits per heavy atom. The molecule has 6 heteroatoms. The monoisotopic (exact) mass is 388 g/mol. The van der Waals surface area contributed by atoms with Gasteiger partial charge >= 0.3 is 0 Å². The van der Waals surface area contributed by atoms with Gasteiger partial charge in [0.2, 0.25) is 0 Å². The highest BCUT2D eigenvalue weighted by atomic mass is 32.2. The second-order valence-electron chi connectivity index (χ2n) is 6.03. The molecule has 3 aromatic rings. The van der Waals surface area contributed by atoms with Crippen molar-refractivity contribution < 1.29 is 4.79 Å². The van der Waals surface area contributed by atoms with Gasteiger partial charge in [0.1, 0.15) is 0 Å². The second kappa shape index (κ2) is 8.59. The van der Waals surface area contributed by atoms with Crippen LogP contribution in [0.1, 0.15) is 23.0 Å². The van der Waals surface area contributed by atoms with Crippen LogP contribution in [0.15, 0.2) is 65.5 Å². The lowest BCUT2D eigenvalue weighted by Crippen LogP contribution is -2.12. The number of hydrogen-bond donors (Lipinski definition) is 1. The van der Waals surface area contributed by atoms with Crippen molar-refractivity contribution in [2.45, 2.75) is 6.92 Å². The number of amides is 1. The third-order valence-corrected chi connectivity index (χ3v) is 5.08. The van der Waals surface area contributed by atoms with E-state index in [2.05, 4.69) is 28.5 Å². The Hall–Kier alpha value is -3.30. The number of nitrogens with two attached hydrogens (primary N) is 1. The lowest BCUT2D eigenvalue weighted by atomic mass is 10.1. The minimum atomic E-state index is -0.550. The van der Waals surface area contributed by atoms with Crippen LogP contribution in [0.25, 0.3) is 16.6 Å². The maximum absolute atomic E-state index is 11.8. The van der Waals surface area contributed by atoms with Crippen LogP contribution in [-0.4, -0.2) is 27.8 Å². The third-order valence-electron chi connectivity index (χ3n) is 4.14. The van der Waals surface area contributed by atoms with E-state index in [4.69, 9.17) is 5.73 Å². The number of para-hydroxylation sites is 1. The molecule has 0 spiro atoms. The van der Waals surface area contributed by atoms with Crippen molar-refractivity contribution >= 4 is 33.6 Å². The molecule has 0 aliphatic rings. The van der Waals surface area contributed by atoms with E-state index in [0.29, 0.717) is 0 Å². The summed E-state index contributed by atoms with van der Waals surface area (Å²) < 4.78 is 1.72. The zero-order valence-electron chi connectivity index (χ0n) is 15.7. The van der Waals surface area contributed by atoms with Crippen molar-refractivity contribution in [1.29, 1.82) is 0 Å². The Balaban J connectivity index is 2.00. The first-order chi connectivity index (χ1) is 13.5. The van der Waals surface area contributed by atoms with Gasteiger partial charge in [0, 0.05) is 18.0 Å². The van der Waals surface area contributed by atoms with Crippen LogP contribution in [0.2, 0.25) is 0 Å². The molecule has 28 heavy (non-hydrogen) atoms. The second-order valence-corrected chi connectivity index (χ2v) is 7.02. The summed E-state index contributed by atoms with van der Waals surface area (Å²) in [4.78, 5) is 16.0. The van der Waals surface area contributed by atoms with E-state index < -0.39 is 5.91 Å². The topological polar surface area (TPSA) is 73.3 Å². The number of rotatable bonds is 4. The van der Waals surface area contributed by atoms with E-state index in [1.165, 1.54) is 11.8 Å². The molecule has 0 saturated heterocycles. The number of aliphatic imine (C=N–C) groups is 1. The van der Waals surface area contributed by atoms with Crippen LogP contribution in [0, 0.1) is 17.8 Å². The van der Waals surface area contributed by atoms with Crippen molar-refractivity contribution in [2.75, 3.05) is 7.05 Å². The summed E-state index contributed by atoms with van der Waals surface area (Å²) in [6.45, 7) is 5.73. The molecule has 2 N–H and O–H groups in total. The number of fused-ring (bicyclic) bond motifs is 1. The zero-order chi connectivity index (χ0) is 20.1. The lowest BCUT2D eigenvalue weighted by molar-refractivity contribution is 0.0996. The van der Waals surface area contributed by atoms with Crippen LogP contribution in [-0.2, 0) is 0 Å². The van der Waals surface area contributed by atoms with Crippen molar-refractivity contribution in [2.24, 2.45) is 16.6 Å². The first-order valence-corrected chi connectivity index (χ1v) is 9.57. The zero-order valence-corrected chi connectivity index (χ0v) is 16.5. The van der Waals surface area contributed by atoms with Gasteiger partial charge in [0.15, 0.2) is 5.69 Å². The minimum Gasteiger partial charge on any atom is -0.364 e. The highest BCUT2D eigenvalue weighted by Gasteiger charge is 2.15. The third kappa shape index (κ3) is 4.00. The predicted octanol–water partition coefficient (Wildman–Crippen LogP) is 4.02. The van der Waals surface area contributed by atoms with E-state index in [-0.39, 0.29) is 11.6 Å². The Morgan fingerprint density at radius 2 is 2.11 bits per heavy atom. The summed E-state index contributed by atoms with van der Waals surface area (Å²) in [5.74, 6) is 5.87. The fraction of sp³-hybridized carbons (Fsp3) is 0.136. The number of carbonyl (C=O) groups is 1. The molecule has 0 aliphatic heterocycles. The highest BCUT2D eigenvalue weighted by Crippen LogP contribution is 2.22. The van der Waals surface area contributed by atoms with Crippen LogP contribution in [0.3, 0.4) is 0 Å². The molecule has 1 aromatic heterocycles. The van der Waals surface area contributed by atoms with Gasteiger partial charge in [0.05, 0.1) is 22.2 Å². The fourth-order valence-corrected chi connectivity index (χ4v) is 3.39. The Kier molecular flexibility index (Phi) is 5.97. The van der Waals surface area contributed by atoms with Crippen LogP contribution < -0.4 is 5.73 Å². The van der Waals surface area contributed by atoms with Crippen molar-refractivity contribution in [3.63, 3.8) is 0 Å². The molecule has 1 unspecified atom stereocenters. The lowest BCUT2D eigenvalue weighted by Gasteiger charge is -2.05. The number of primary amides is 1. The summed E-state index contributed by atoms with van der Waals surface area (Å²) in [6.07, 6.45) is 0. The molecule has 140 valence electrons. The summed E-state index contributed by atoms with van der Waals surface area (Å²) in [5.41, 5.74) is 8.23. The van der Waals surface area contributed by atoms with Crippen molar-refractivity contribution in [1.82, 2.24) is 9.78 Å². The number of carbonyl (C=O) groups excluding carboxylic acids is 1. The summed E-state index contributed by atoms with van der Waals surface area (Å²) in [6, 6.07) is 15.2. The number of nitrogens with zero attached hydrogens (tertiary/aromatic N) is 3. The molecular formula is C22H20N4OS. The van der Waals surface area contributed by atoms with Gasteiger partial charge in [-0.25, -0.2) is 4.68 Å². The van der Waals surface area contributed by atoms with Crippen LogP contribution >= 0.6 is 11.8 Å². The molecular weight excluding hydrogens is 368 g/mol. The van der Waals surface area contributed by atoms with Crippen molar-refractivity contribution in [3.05, 3.63) is 71.8 Å². The average Bonchev–Trinajstić information content (AvgIpc) is 3.10. The first kappa shape index (κ1) is 19.5. The maximum atomic E-state index is 11.8. The Bertz CT molecular complexity index is 1130. The summed E-state index contributed by atoms with van der Waals surface area (Å²) in [5, 5.41) is 7.82. The standard InChI is InChI=1S/C22H20N4OS/c1-4-28-22(24-3)15(2)12-13-16-8-7-9-17(14-16)26-19-11-6-5-10-18(19)20(25-26)21(23)27/h4-11,14-15H,1H2,2-3H3,(H2,23,27). The van der Waals surface area contributed by atoms with Crippen LogP contribution in [0.5, 0.6) is 0 Å². The molecule has 0 aliphatic carbocycles. The highest BCUT2D eigenvalue weighted by molar-refractivity contribution is 8.16. The van der Waals surface area contributed by atoms with E-state index >= 15 is 0 Å². The number of benzene rings is 2. The molecule has 1 atom stereocenters. The average molecular weight is 388 g/mol. The maximum Gasteiger partial charge on any atom is 0.269 e. The molecule has 5 nitrogen and oxygen atoms in total. The molecule has 3 rings (SSSR count). The quantitative estimate of drug-likeness (QED) is 0.417. The van der Waals surface area contributed by atoms with Crippen molar-refractivity contribution in [3.8, 4) is 17.5 Å². The predicted molar refractivity (Wildman–Crippen MR) is 117 cm³/mol. The number of thioether (sulfide) groups is 1. The number of hydrogen-bond acceptors (Lipinski definition) is 4. The molecule has 0 fully saturated rings. The normalized spacial score (nSPS) is 12.3. The molecule has 0 saturated carbocycles. The SMILES string of the molecule is C=CSC(=NC)C(C)C#Cc1cccc(-n2nc(C(N)=O)c3ccccc32)c1. The van der Waals surface area contributed by atoms with E-state index in [1.807, 2.05) is 55.5 Å². The van der Waals surface area contributed by atoms with Gasteiger partial charge < -0.3 is 5.73 Å². The van der Waals surface area contributed by atoms with Gasteiger partial charge in [-0.1, -0.05) is 54.4 Å². The Morgan fingerprint density at radius 3 is 2.82 bits per heavy atom. The molecule has 1 heterocycles. The molecule has 0 bridgehead atoms. The smallest absolute Gasteiger partial charge is 0.269 e. The van der Waals surface area contributed by atoms with Gasteiger partial charge in [-0.15, -0.1) is 0 Å². The molecule has 2 aromatic carbocycles. The minimum absolute atomic E-state index is 0.00338. The van der Waals surface area contributed by atoms with E-state index in [1.54, 1.807) is 17.1 Å². The first-order valence-electron chi connectivity index (χ1n) is 8.69. The van der Waals surface area contributed by atoms with Crippen LogP contribution in [0.4, 0.5) is 0 Å². The van der Waals surface area contributed by atoms with Gasteiger partial charge in [0.25, 0.3) is 5.91 Å². The summed E-state index contributed by atoms with van der Waals surface area (Å²) in [7, 11) is 1.75. The fourth-order valence-electron chi connectivity index (χ4n) is 2.85. The summed E-state index contributed by atoms with van der Waals surface area (Å²) >= 11 is 1.48.